The van der Waals surface area contributed by atoms with E-state index in [9.17, 15) is 9.90 Å². The zero-order valence-corrected chi connectivity index (χ0v) is 15.3. The normalized spacial score (nSPS) is 16.8. The maximum absolute atomic E-state index is 12.8. The summed E-state index contributed by atoms with van der Waals surface area (Å²) >= 11 is 0. The summed E-state index contributed by atoms with van der Waals surface area (Å²) in [5, 5.41) is 13.7. The Morgan fingerprint density at radius 1 is 1.30 bits per heavy atom. The highest BCUT2D eigenvalue weighted by Crippen LogP contribution is 2.24. The Hall–Kier alpha value is -2.93. The zero-order chi connectivity index (χ0) is 18.8. The van der Waals surface area contributed by atoms with Crippen LogP contribution in [0.25, 0.3) is 16.9 Å². The van der Waals surface area contributed by atoms with Crippen molar-refractivity contribution < 1.29 is 5.11 Å². The summed E-state index contributed by atoms with van der Waals surface area (Å²) in [7, 11) is 0. The number of anilines is 1. The number of aryl methyl sites for hydroxylation is 1. The molecular weight excluding hydrogens is 342 g/mol. The predicted octanol–water partition coefficient (Wildman–Crippen LogP) is 1.93. The highest BCUT2D eigenvalue weighted by atomic mass is 16.3. The number of nitrogens with zero attached hydrogens (tertiary/aromatic N) is 5. The number of aliphatic hydroxyl groups is 1. The summed E-state index contributed by atoms with van der Waals surface area (Å²) in [6, 6.07) is 9.84. The topological polar surface area (TPSA) is 76.2 Å². The van der Waals surface area contributed by atoms with Gasteiger partial charge < -0.3 is 14.6 Å². The lowest BCUT2D eigenvalue weighted by Gasteiger charge is -2.19. The number of aliphatic hydroxyl groups excluding tert-OH is 1. The van der Waals surface area contributed by atoms with Crippen LogP contribution in [0.4, 0.5) is 5.82 Å². The molecule has 1 fully saturated rings. The Morgan fingerprint density at radius 3 is 2.89 bits per heavy atom. The van der Waals surface area contributed by atoms with Crippen LogP contribution in [0.3, 0.4) is 0 Å². The van der Waals surface area contributed by atoms with Crippen LogP contribution in [-0.2, 0) is 6.54 Å². The van der Waals surface area contributed by atoms with Gasteiger partial charge >= 0.3 is 0 Å². The third kappa shape index (κ3) is 3.38. The quantitative estimate of drug-likeness (QED) is 0.748. The van der Waals surface area contributed by atoms with Gasteiger partial charge in [-0.05, 0) is 31.5 Å². The average Bonchev–Trinajstić information content (AvgIpc) is 3.40. The minimum Gasteiger partial charge on any atom is -0.396 e. The molecule has 2 aromatic heterocycles. The molecular formula is C20H23N5O2. The Morgan fingerprint density at radius 2 is 2.19 bits per heavy atom. The summed E-state index contributed by atoms with van der Waals surface area (Å²) in [4.78, 5) is 19.5. The number of hydrogen-bond acceptors (Lipinski definition) is 5. The molecule has 1 N–H and O–H groups in total. The molecule has 0 bridgehead atoms. The van der Waals surface area contributed by atoms with Crippen molar-refractivity contribution in [2.75, 3.05) is 24.6 Å². The van der Waals surface area contributed by atoms with Gasteiger partial charge in [0, 0.05) is 56.3 Å². The van der Waals surface area contributed by atoms with Crippen LogP contribution in [0, 0.1) is 5.92 Å². The first-order valence-corrected chi connectivity index (χ1v) is 9.27. The predicted molar refractivity (Wildman–Crippen MR) is 104 cm³/mol. The van der Waals surface area contributed by atoms with Gasteiger partial charge in [0.05, 0.1) is 11.4 Å². The molecule has 0 spiro atoms. The maximum Gasteiger partial charge on any atom is 0.293 e. The van der Waals surface area contributed by atoms with Gasteiger partial charge in [-0.2, -0.15) is 5.10 Å². The molecule has 7 heteroatoms. The van der Waals surface area contributed by atoms with Gasteiger partial charge in [-0.25, -0.2) is 9.67 Å². The van der Waals surface area contributed by atoms with Gasteiger partial charge in [0.25, 0.3) is 5.56 Å². The van der Waals surface area contributed by atoms with Crippen LogP contribution in [0.5, 0.6) is 0 Å². The zero-order valence-electron chi connectivity index (χ0n) is 15.3. The van der Waals surface area contributed by atoms with Crippen LogP contribution in [0.2, 0.25) is 0 Å². The number of benzene rings is 1. The second-order valence-electron chi connectivity index (χ2n) is 6.83. The van der Waals surface area contributed by atoms with Crippen molar-refractivity contribution in [1.29, 1.82) is 0 Å². The van der Waals surface area contributed by atoms with Crippen molar-refractivity contribution >= 4 is 5.82 Å². The van der Waals surface area contributed by atoms with Crippen LogP contribution < -0.4 is 10.5 Å². The van der Waals surface area contributed by atoms with E-state index in [1.54, 1.807) is 15.4 Å². The van der Waals surface area contributed by atoms with Crippen molar-refractivity contribution in [2.45, 2.75) is 19.9 Å². The van der Waals surface area contributed by atoms with Crippen molar-refractivity contribution in [3.05, 3.63) is 59.3 Å². The SMILES string of the molecule is CCn1cc(-c2cccc(-n3cccn3)c2)nc(N2CC[C@@H](CO)C2)c1=O. The van der Waals surface area contributed by atoms with E-state index in [0.717, 1.165) is 29.9 Å². The molecule has 4 rings (SSSR count). The van der Waals surface area contributed by atoms with E-state index in [1.807, 2.05) is 54.5 Å². The molecule has 0 saturated carbocycles. The second-order valence-corrected chi connectivity index (χ2v) is 6.83. The Kier molecular flexibility index (Phi) is 4.77. The molecule has 1 aliphatic rings. The first-order chi connectivity index (χ1) is 13.2. The third-order valence-electron chi connectivity index (χ3n) is 5.05. The van der Waals surface area contributed by atoms with E-state index in [-0.39, 0.29) is 18.1 Å². The summed E-state index contributed by atoms with van der Waals surface area (Å²) < 4.78 is 3.50. The van der Waals surface area contributed by atoms with E-state index in [4.69, 9.17) is 4.98 Å². The van der Waals surface area contributed by atoms with Gasteiger partial charge in [0.15, 0.2) is 5.82 Å². The summed E-state index contributed by atoms with van der Waals surface area (Å²) in [6.45, 7) is 4.09. The van der Waals surface area contributed by atoms with E-state index >= 15 is 0 Å². The molecule has 7 nitrogen and oxygen atoms in total. The van der Waals surface area contributed by atoms with Crippen LogP contribution in [-0.4, -0.2) is 44.1 Å². The molecule has 1 aromatic carbocycles. The van der Waals surface area contributed by atoms with E-state index < -0.39 is 0 Å². The van der Waals surface area contributed by atoms with Crippen LogP contribution in [0.1, 0.15) is 13.3 Å². The largest absolute Gasteiger partial charge is 0.396 e. The van der Waals surface area contributed by atoms with E-state index in [0.29, 0.717) is 18.9 Å². The minimum absolute atomic E-state index is 0.0805. The molecule has 0 aliphatic carbocycles. The maximum atomic E-state index is 12.8. The molecule has 1 atom stereocenters. The lowest BCUT2D eigenvalue weighted by atomic mass is 10.1. The summed E-state index contributed by atoms with van der Waals surface area (Å²) in [5.74, 6) is 0.669. The summed E-state index contributed by atoms with van der Waals surface area (Å²) in [6.07, 6.45) is 6.33. The highest BCUT2D eigenvalue weighted by molar-refractivity contribution is 5.63. The van der Waals surface area contributed by atoms with Crippen LogP contribution >= 0.6 is 0 Å². The third-order valence-corrected chi connectivity index (χ3v) is 5.05. The summed E-state index contributed by atoms with van der Waals surface area (Å²) in [5.41, 5.74) is 2.55. The van der Waals surface area contributed by atoms with Gasteiger partial charge in [-0.1, -0.05) is 12.1 Å². The minimum atomic E-state index is -0.0805. The van der Waals surface area contributed by atoms with Gasteiger partial charge in [0.1, 0.15) is 0 Å². The first-order valence-electron chi connectivity index (χ1n) is 9.27. The average molecular weight is 365 g/mol. The number of hydrogen-bond donors (Lipinski definition) is 1. The van der Waals surface area contributed by atoms with Crippen LogP contribution in [0.15, 0.2) is 53.7 Å². The Bertz CT molecular complexity index is 980. The van der Waals surface area contributed by atoms with E-state index in [1.165, 1.54) is 0 Å². The fourth-order valence-electron chi connectivity index (χ4n) is 3.51. The molecule has 0 radical (unpaired) electrons. The van der Waals surface area contributed by atoms with E-state index in [2.05, 4.69) is 5.10 Å². The standard InChI is InChI=1S/C20H23N5O2/c1-2-23-13-18(16-5-3-6-17(11-16)25-9-4-8-21-25)22-19(20(23)27)24-10-7-15(12-24)14-26/h3-6,8-9,11,13,15,26H,2,7,10,12,14H2,1H3/t15-/m1/s1. The molecule has 140 valence electrons. The van der Waals surface area contributed by atoms with Crippen molar-refractivity contribution in [3.63, 3.8) is 0 Å². The fraction of sp³-hybridized carbons (Fsp3) is 0.350. The smallest absolute Gasteiger partial charge is 0.293 e. The van der Waals surface area contributed by atoms with Gasteiger partial charge in [-0.15, -0.1) is 0 Å². The highest BCUT2D eigenvalue weighted by Gasteiger charge is 2.25. The molecule has 3 aromatic rings. The lowest BCUT2D eigenvalue weighted by molar-refractivity contribution is 0.238. The monoisotopic (exact) mass is 365 g/mol. The number of rotatable bonds is 5. The van der Waals surface area contributed by atoms with Crippen molar-refractivity contribution in [1.82, 2.24) is 19.3 Å². The Balaban J connectivity index is 1.76. The molecule has 3 heterocycles. The van der Waals surface area contributed by atoms with Gasteiger partial charge in [0.2, 0.25) is 0 Å². The molecule has 1 aliphatic heterocycles. The lowest BCUT2D eigenvalue weighted by Crippen LogP contribution is -2.32. The molecule has 1 saturated heterocycles. The molecule has 0 unspecified atom stereocenters. The Labute approximate surface area is 157 Å². The van der Waals surface area contributed by atoms with Gasteiger partial charge in [-0.3, -0.25) is 4.79 Å². The molecule has 0 amide bonds. The first kappa shape index (κ1) is 17.5. The van der Waals surface area contributed by atoms with Crippen molar-refractivity contribution in [2.24, 2.45) is 5.92 Å². The fourth-order valence-corrected chi connectivity index (χ4v) is 3.51. The number of aromatic nitrogens is 4. The van der Waals surface area contributed by atoms with Crippen molar-refractivity contribution in [3.8, 4) is 16.9 Å². The molecule has 27 heavy (non-hydrogen) atoms. The second kappa shape index (κ2) is 7.36.